The smallest absolute Gasteiger partial charge is 0.186 e. The van der Waals surface area contributed by atoms with Crippen LogP contribution in [-0.4, -0.2) is 122 Å². The van der Waals surface area contributed by atoms with Crippen molar-refractivity contribution in [3.8, 4) is 0 Å². The SMILES string of the molecule is CCCCCCCCCC[C@@H](C)O[C@@H]1OC(CO)[C@@H](OCC(O)C(O)[C@H](O)C(O)CO)C(O)C1O. The van der Waals surface area contributed by atoms with Gasteiger partial charge in [-0.2, -0.15) is 0 Å². The zero-order valence-corrected chi connectivity index (χ0v) is 21.1. The van der Waals surface area contributed by atoms with E-state index in [9.17, 15) is 35.7 Å². The summed E-state index contributed by atoms with van der Waals surface area (Å²) in [6.45, 7) is 2.05. The first kappa shape index (κ1) is 32.6. The Morgan fingerprint density at radius 3 is 1.94 bits per heavy atom. The monoisotopic (exact) mass is 512 g/mol. The van der Waals surface area contributed by atoms with Crippen molar-refractivity contribution in [2.75, 3.05) is 19.8 Å². The van der Waals surface area contributed by atoms with Crippen LogP contribution in [0.15, 0.2) is 0 Å². The molecule has 0 amide bonds. The zero-order chi connectivity index (χ0) is 26.4. The quantitative estimate of drug-likeness (QED) is 0.101. The van der Waals surface area contributed by atoms with Crippen molar-refractivity contribution in [2.45, 2.75) is 133 Å². The highest BCUT2D eigenvalue weighted by atomic mass is 16.7. The second kappa shape index (κ2) is 17.9. The second-order valence-corrected chi connectivity index (χ2v) is 9.51. The molecule has 8 N–H and O–H groups in total. The first-order valence-electron chi connectivity index (χ1n) is 12.9. The molecule has 0 spiro atoms. The molecule has 0 aromatic rings. The standard InChI is InChI=1S/C24H48O11/c1-3-4-5-6-7-8-9-10-11-15(2)34-24-22(32)21(31)23(18(13-26)35-24)33-14-17(28)20(30)19(29)16(27)12-25/h15-32H,3-14H2,1-2H3/t15-,16?,17?,18?,19-,20?,21?,22?,23-,24-/m1/s1. The Balaban J connectivity index is 2.47. The summed E-state index contributed by atoms with van der Waals surface area (Å²) in [6.07, 6.45) is -3.52. The summed E-state index contributed by atoms with van der Waals surface area (Å²) in [5.41, 5.74) is 0. The minimum atomic E-state index is -1.84. The van der Waals surface area contributed by atoms with Gasteiger partial charge in [0, 0.05) is 0 Å². The third-order valence-electron chi connectivity index (χ3n) is 6.44. The van der Waals surface area contributed by atoms with E-state index in [4.69, 9.17) is 19.3 Å². The van der Waals surface area contributed by atoms with Crippen LogP contribution in [0.3, 0.4) is 0 Å². The molecule has 1 saturated heterocycles. The molecule has 1 fully saturated rings. The number of aliphatic hydroxyl groups is 8. The highest BCUT2D eigenvalue weighted by Crippen LogP contribution is 2.26. The van der Waals surface area contributed by atoms with Crippen LogP contribution in [0.2, 0.25) is 0 Å². The van der Waals surface area contributed by atoms with E-state index in [1.807, 2.05) is 6.92 Å². The molecule has 0 aromatic carbocycles. The summed E-state index contributed by atoms with van der Waals surface area (Å²) in [6, 6.07) is 0. The van der Waals surface area contributed by atoms with E-state index in [0.29, 0.717) is 0 Å². The molecule has 1 rings (SSSR count). The van der Waals surface area contributed by atoms with Crippen LogP contribution >= 0.6 is 0 Å². The van der Waals surface area contributed by atoms with Gasteiger partial charge in [-0.1, -0.05) is 58.3 Å². The summed E-state index contributed by atoms with van der Waals surface area (Å²) in [4.78, 5) is 0. The first-order chi connectivity index (χ1) is 16.7. The summed E-state index contributed by atoms with van der Waals surface area (Å²) in [7, 11) is 0. The van der Waals surface area contributed by atoms with Crippen molar-refractivity contribution < 1.29 is 55.1 Å². The van der Waals surface area contributed by atoms with E-state index in [1.165, 1.54) is 38.5 Å². The highest BCUT2D eigenvalue weighted by Gasteiger charge is 2.46. The molecular weight excluding hydrogens is 464 g/mol. The Bertz CT molecular complexity index is 524. The lowest BCUT2D eigenvalue weighted by molar-refractivity contribution is -0.318. The topological polar surface area (TPSA) is 190 Å². The van der Waals surface area contributed by atoms with Crippen LogP contribution in [0.5, 0.6) is 0 Å². The summed E-state index contributed by atoms with van der Waals surface area (Å²) >= 11 is 0. The van der Waals surface area contributed by atoms with Gasteiger partial charge in [-0.05, 0) is 13.3 Å². The molecule has 0 aliphatic carbocycles. The Kier molecular flexibility index (Phi) is 16.7. The Labute approximate surface area is 208 Å². The molecule has 0 bridgehead atoms. The molecule has 10 atom stereocenters. The normalized spacial score (nSPS) is 29.5. The van der Waals surface area contributed by atoms with Crippen LogP contribution in [-0.2, 0) is 14.2 Å². The Morgan fingerprint density at radius 1 is 0.800 bits per heavy atom. The maximum atomic E-state index is 10.5. The van der Waals surface area contributed by atoms with Crippen LogP contribution in [0, 0.1) is 0 Å². The minimum absolute atomic E-state index is 0.241. The lowest BCUT2D eigenvalue weighted by Crippen LogP contribution is -2.61. The van der Waals surface area contributed by atoms with E-state index in [1.54, 1.807) is 0 Å². The van der Waals surface area contributed by atoms with E-state index in [2.05, 4.69) is 6.92 Å². The van der Waals surface area contributed by atoms with Crippen LogP contribution in [0.4, 0.5) is 0 Å². The molecule has 0 saturated carbocycles. The van der Waals surface area contributed by atoms with Gasteiger partial charge in [-0.15, -0.1) is 0 Å². The van der Waals surface area contributed by atoms with Gasteiger partial charge >= 0.3 is 0 Å². The number of hydrogen-bond acceptors (Lipinski definition) is 11. The van der Waals surface area contributed by atoms with E-state index < -0.39 is 74.9 Å². The van der Waals surface area contributed by atoms with Gasteiger partial charge in [0.15, 0.2) is 6.29 Å². The van der Waals surface area contributed by atoms with Crippen molar-refractivity contribution in [1.82, 2.24) is 0 Å². The number of unbranched alkanes of at least 4 members (excludes halogenated alkanes) is 7. The van der Waals surface area contributed by atoms with Crippen molar-refractivity contribution in [1.29, 1.82) is 0 Å². The number of aliphatic hydroxyl groups excluding tert-OH is 8. The minimum Gasteiger partial charge on any atom is -0.394 e. The van der Waals surface area contributed by atoms with Gasteiger partial charge < -0.3 is 55.1 Å². The van der Waals surface area contributed by atoms with E-state index >= 15 is 0 Å². The summed E-state index contributed by atoms with van der Waals surface area (Å²) in [5, 5.41) is 78.5. The lowest BCUT2D eigenvalue weighted by atomic mass is 9.98. The summed E-state index contributed by atoms with van der Waals surface area (Å²) < 4.78 is 16.8. The average Bonchev–Trinajstić information content (AvgIpc) is 2.85. The highest BCUT2D eigenvalue weighted by molar-refractivity contribution is 4.91. The Hall–Kier alpha value is -0.440. The summed E-state index contributed by atoms with van der Waals surface area (Å²) in [5.74, 6) is 0. The molecule has 1 aliphatic rings. The molecule has 1 heterocycles. The van der Waals surface area contributed by atoms with Gasteiger partial charge in [-0.25, -0.2) is 0 Å². The fourth-order valence-electron chi connectivity index (χ4n) is 4.11. The van der Waals surface area contributed by atoms with E-state index in [-0.39, 0.29) is 6.10 Å². The third-order valence-corrected chi connectivity index (χ3v) is 6.44. The molecule has 11 nitrogen and oxygen atoms in total. The van der Waals surface area contributed by atoms with Gasteiger partial charge in [0.05, 0.1) is 25.9 Å². The zero-order valence-electron chi connectivity index (χ0n) is 21.1. The predicted octanol–water partition coefficient (Wildman–Crippen LogP) is -0.818. The van der Waals surface area contributed by atoms with Gasteiger partial charge in [0.25, 0.3) is 0 Å². The predicted molar refractivity (Wildman–Crippen MR) is 126 cm³/mol. The van der Waals surface area contributed by atoms with Gasteiger partial charge in [0.1, 0.15) is 48.8 Å². The molecule has 210 valence electrons. The first-order valence-corrected chi connectivity index (χ1v) is 12.9. The van der Waals surface area contributed by atoms with Crippen molar-refractivity contribution >= 4 is 0 Å². The molecule has 35 heavy (non-hydrogen) atoms. The molecule has 1 aliphatic heterocycles. The fraction of sp³-hybridized carbons (Fsp3) is 1.00. The fourth-order valence-corrected chi connectivity index (χ4v) is 4.11. The number of hydrogen-bond donors (Lipinski definition) is 8. The second-order valence-electron chi connectivity index (χ2n) is 9.51. The average molecular weight is 513 g/mol. The largest absolute Gasteiger partial charge is 0.394 e. The van der Waals surface area contributed by atoms with Crippen molar-refractivity contribution in [3.05, 3.63) is 0 Å². The van der Waals surface area contributed by atoms with Crippen LogP contribution in [0.25, 0.3) is 0 Å². The van der Waals surface area contributed by atoms with Crippen molar-refractivity contribution in [2.24, 2.45) is 0 Å². The maximum absolute atomic E-state index is 10.5. The third kappa shape index (κ3) is 11.2. The lowest BCUT2D eigenvalue weighted by Gasteiger charge is -2.42. The molecule has 0 radical (unpaired) electrons. The van der Waals surface area contributed by atoms with Crippen LogP contribution in [0.1, 0.15) is 71.6 Å². The van der Waals surface area contributed by atoms with E-state index in [0.717, 1.165) is 19.3 Å². The van der Waals surface area contributed by atoms with Crippen LogP contribution < -0.4 is 0 Å². The number of rotatable bonds is 19. The molecule has 11 heteroatoms. The van der Waals surface area contributed by atoms with Crippen molar-refractivity contribution in [3.63, 3.8) is 0 Å². The van der Waals surface area contributed by atoms with Gasteiger partial charge in [0.2, 0.25) is 0 Å². The van der Waals surface area contributed by atoms with Gasteiger partial charge in [-0.3, -0.25) is 0 Å². The Morgan fingerprint density at radius 2 is 1.37 bits per heavy atom. The molecule has 6 unspecified atom stereocenters. The molecular formula is C24H48O11. The maximum Gasteiger partial charge on any atom is 0.186 e. The molecule has 0 aromatic heterocycles. The number of ether oxygens (including phenoxy) is 3.